The Labute approximate surface area is 320 Å². The molecule has 280 valence electrons. The van der Waals surface area contributed by atoms with Crippen LogP contribution in [-0.4, -0.2) is 45.1 Å². The molecule has 0 aliphatic heterocycles. The molecule has 0 aliphatic carbocycles. The molecule has 0 unspecified atom stereocenters. The van der Waals surface area contributed by atoms with Gasteiger partial charge in [0.1, 0.15) is 29.3 Å². The van der Waals surface area contributed by atoms with Gasteiger partial charge >= 0.3 is 5.97 Å². The number of carboxylic acid groups (broad SMARTS) is 1. The summed E-state index contributed by atoms with van der Waals surface area (Å²) in [7, 11) is 1.83. The van der Waals surface area contributed by atoms with Crippen molar-refractivity contribution in [2.45, 2.75) is 39.5 Å². The summed E-state index contributed by atoms with van der Waals surface area (Å²) in [5.41, 5.74) is 6.86. The Morgan fingerprint density at radius 1 is 0.691 bits per heavy atom. The van der Waals surface area contributed by atoms with E-state index in [-0.39, 0.29) is 0 Å². The first-order valence-corrected chi connectivity index (χ1v) is 18.0. The number of hydrogen-bond donors (Lipinski definition) is 1. The monoisotopic (exact) mass is 737 g/mol. The van der Waals surface area contributed by atoms with Crippen LogP contribution in [0.25, 0.3) is 22.9 Å². The molecule has 0 spiro atoms. The van der Waals surface area contributed by atoms with Crippen LogP contribution < -0.4 is 9.47 Å². The molecule has 0 amide bonds. The quantitative estimate of drug-likeness (QED) is 0.103. The summed E-state index contributed by atoms with van der Waals surface area (Å²) in [6, 6.07) is 35.0. The third kappa shape index (κ3) is 10.5. The lowest BCUT2D eigenvalue weighted by Crippen LogP contribution is -2.03. The van der Waals surface area contributed by atoms with Crippen molar-refractivity contribution in [2.24, 2.45) is 7.05 Å². The van der Waals surface area contributed by atoms with Gasteiger partial charge in [0.15, 0.2) is 0 Å². The number of ether oxygens (including phenoxy) is 2. The molecular formula is C45H43N3O7. The first kappa shape index (κ1) is 38.1. The maximum absolute atomic E-state index is 11.4. The van der Waals surface area contributed by atoms with Crippen molar-refractivity contribution in [3.63, 3.8) is 0 Å². The van der Waals surface area contributed by atoms with Gasteiger partial charge < -0.3 is 32.8 Å². The number of rotatable bonds is 15. The average Bonchev–Trinajstić information content (AvgIpc) is 3.89. The van der Waals surface area contributed by atoms with E-state index in [1.165, 1.54) is 0 Å². The van der Waals surface area contributed by atoms with Crippen molar-refractivity contribution in [3.05, 3.63) is 167 Å². The van der Waals surface area contributed by atoms with Crippen LogP contribution in [0.1, 0.15) is 50.0 Å². The van der Waals surface area contributed by atoms with Gasteiger partial charge in [-0.05, 0) is 85.5 Å². The summed E-state index contributed by atoms with van der Waals surface area (Å²) >= 11 is 0. The predicted octanol–water partition coefficient (Wildman–Crippen LogP) is 8.91. The Kier molecular flexibility index (Phi) is 12.7. The highest BCUT2D eigenvalue weighted by Crippen LogP contribution is 2.24. The zero-order valence-electron chi connectivity index (χ0n) is 31.1. The van der Waals surface area contributed by atoms with E-state index in [4.69, 9.17) is 18.3 Å². The largest absolute Gasteiger partial charge is 0.493 e. The van der Waals surface area contributed by atoms with E-state index in [1.807, 2.05) is 136 Å². The highest BCUT2D eigenvalue weighted by molar-refractivity contribution is 5.89. The number of carbonyl (C=O) groups is 2. The summed E-state index contributed by atoms with van der Waals surface area (Å²) in [5.74, 6) is 3.52. The van der Waals surface area contributed by atoms with Gasteiger partial charge in [-0.25, -0.2) is 14.8 Å². The number of aromatic carboxylic acids is 1. The van der Waals surface area contributed by atoms with Crippen LogP contribution >= 0.6 is 0 Å². The minimum atomic E-state index is -0.908. The lowest BCUT2D eigenvalue weighted by Gasteiger charge is -2.07. The van der Waals surface area contributed by atoms with E-state index in [9.17, 15) is 14.7 Å². The molecule has 0 saturated carbocycles. The van der Waals surface area contributed by atoms with Gasteiger partial charge in [0.2, 0.25) is 11.8 Å². The van der Waals surface area contributed by atoms with Crippen LogP contribution in [0.15, 0.2) is 130 Å². The van der Waals surface area contributed by atoms with Crippen molar-refractivity contribution in [2.75, 3.05) is 13.2 Å². The van der Waals surface area contributed by atoms with Crippen LogP contribution in [-0.2, 0) is 37.5 Å². The number of carbonyl (C=O) groups excluding carboxylic acids is 1. The van der Waals surface area contributed by atoms with Crippen molar-refractivity contribution in [3.8, 4) is 34.4 Å². The van der Waals surface area contributed by atoms with Crippen molar-refractivity contribution < 1.29 is 33.0 Å². The second-order valence-corrected chi connectivity index (χ2v) is 13.0. The lowest BCUT2D eigenvalue weighted by atomic mass is 10.0. The van der Waals surface area contributed by atoms with Gasteiger partial charge in [-0.2, -0.15) is 0 Å². The van der Waals surface area contributed by atoms with Crippen molar-refractivity contribution in [1.29, 1.82) is 0 Å². The smallest absolute Gasteiger partial charge is 0.337 e. The first-order chi connectivity index (χ1) is 26.7. The number of benzene rings is 4. The van der Waals surface area contributed by atoms with Crippen LogP contribution in [0.2, 0.25) is 0 Å². The Morgan fingerprint density at radius 2 is 1.16 bits per heavy atom. The second-order valence-electron chi connectivity index (χ2n) is 13.0. The molecule has 7 rings (SSSR count). The Hall–Kier alpha value is -6.68. The molecule has 0 bridgehead atoms. The first-order valence-electron chi connectivity index (χ1n) is 18.0. The Bertz CT molecular complexity index is 2290. The van der Waals surface area contributed by atoms with Gasteiger partial charge in [-0.15, -0.1) is 0 Å². The minimum Gasteiger partial charge on any atom is -0.493 e. The van der Waals surface area contributed by atoms with E-state index in [0.29, 0.717) is 56.2 Å². The molecular weight excluding hydrogens is 695 g/mol. The van der Waals surface area contributed by atoms with E-state index in [2.05, 4.69) is 9.97 Å². The molecule has 3 heterocycles. The van der Waals surface area contributed by atoms with Gasteiger partial charge in [0.05, 0.1) is 30.2 Å². The fraction of sp³-hybridized carbons (Fsp3) is 0.200. The molecule has 0 radical (unpaired) electrons. The van der Waals surface area contributed by atoms with E-state index < -0.39 is 5.97 Å². The summed E-state index contributed by atoms with van der Waals surface area (Å²) in [5, 5.41) is 9.33. The summed E-state index contributed by atoms with van der Waals surface area (Å²) in [4.78, 5) is 31.0. The van der Waals surface area contributed by atoms with Crippen molar-refractivity contribution in [1.82, 2.24) is 14.5 Å². The van der Waals surface area contributed by atoms with Gasteiger partial charge in [-0.3, -0.25) is 0 Å². The molecule has 10 nitrogen and oxygen atoms in total. The fourth-order valence-electron chi connectivity index (χ4n) is 5.97. The standard InChI is InChI=1S/C25H24N2O4.C20H19NO3/c1-17-23(26-24(31-17)19-6-4-3-5-7-19)12-13-30-21-10-8-18(9-11-21)14-20-15-27(2)16-22(20)25(28)29;1-15-19(21-20(24-15)17-5-3-2-4-6-17)12-14-23-18-9-7-16(8-10-18)11-13-22/h3-11,15-16H,12-14H2,1-2H3,(H,28,29);2-10,13H,11-12,14H2,1H3. The number of nitrogens with zero attached hydrogens (tertiary/aromatic N) is 3. The third-order valence-electron chi connectivity index (χ3n) is 8.87. The predicted molar refractivity (Wildman–Crippen MR) is 210 cm³/mol. The number of aldehydes is 1. The summed E-state index contributed by atoms with van der Waals surface area (Å²) in [6.45, 7) is 4.85. The van der Waals surface area contributed by atoms with Gasteiger partial charge in [0.25, 0.3) is 0 Å². The van der Waals surface area contributed by atoms with E-state index in [0.717, 1.165) is 68.5 Å². The van der Waals surface area contributed by atoms with E-state index in [1.54, 1.807) is 10.8 Å². The number of carboxylic acids is 1. The number of oxazole rings is 2. The minimum absolute atomic E-state index is 0.334. The fourth-order valence-corrected chi connectivity index (χ4v) is 5.97. The number of aryl methyl sites for hydroxylation is 3. The van der Waals surface area contributed by atoms with Crippen LogP contribution in [0.5, 0.6) is 11.5 Å². The summed E-state index contributed by atoms with van der Waals surface area (Å²) < 4.78 is 24.9. The zero-order chi connectivity index (χ0) is 38.6. The Balaban J connectivity index is 0.000000193. The maximum atomic E-state index is 11.4. The zero-order valence-corrected chi connectivity index (χ0v) is 31.1. The molecule has 3 aromatic heterocycles. The second kappa shape index (κ2) is 18.4. The normalized spacial score (nSPS) is 10.7. The molecule has 55 heavy (non-hydrogen) atoms. The van der Waals surface area contributed by atoms with Gasteiger partial charge in [0, 0.05) is 49.8 Å². The molecule has 0 saturated heterocycles. The number of aromatic nitrogens is 3. The molecule has 0 fully saturated rings. The topological polar surface area (TPSA) is 130 Å². The van der Waals surface area contributed by atoms with E-state index >= 15 is 0 Å². The SMILES string of the molecule is Cc1oc(-c2ccccc2)nc1CCOc1ccc(CC=O)cc1.Cc1oc(-c2ccccc2)nc1CCOc1ccc(Cc2cn(C)cc2C(=O)O)cc1. The van der Waals surface area contributed by atoms with Gasteiger partial charge in [-0.1, -0.05) is 60.7 Å². The highest BCUT2D eigenvalue weighted by Gasteiger charge is 2.14. The molecule has 10 heteroatoms. The number of hydrogen-bond acceptors (Lipinski definition) is 8. The molecule has 4 aromatic carbocycles. The highest BCUT2D eigenvalue weighted by atomic mass is 16.5. The van der Waals surface area contributed by atoms with Crippen LogP contribution in [0.4, 0.5) is 0 Å². The lowest BCUT2D eigenvalue weighted by molar-refractivity contribution is -0.107. The summed E-state index contributed by atoms with van der Waals surface area (Å²) in [6.07, 6.45) is 6.69. The Morgan fingerprint density at radius 3 is 1.62 bits per heavy atom. The molecule has 0 atom stereocenters. The maximum Gasteiger partial charge on any atom is 0.337 e. The van der Waals surface area contributed by atoms with Crippen LogP contribution in [0, 0.1) is 13.8 Å². The average molecular weight is 738 g/mol. The molecule has 7 aromatic rings. The third-order valence-corrected chi connectivity index (χ3v) is 8.87. The molecule has 1 N–H and O–H groups in total. The van der Waals surface area contributed by atoms with Crippen molar-refractivity contribution >= 4 is 12.3 Å². The molecule has 0 aliphatic rings. The van der Waals surface area contributed by atoms with Crippen LogP contribution in [0.3, 0.4) is 0 Å².